The molecule has 0 aliphatic carbocycles. The van der Waals surface area contributed by atoms with Gasteiger partial charge in [0.2, 0.25) is 5.91 Å². The molecule has 1 aliphatic rings. The zero-order chi connectivity index (χ0) is 15.7. The molecule has 1 aliphatic heterocycles. The van der Waals surface area contributed by atoms with Gasteiger partial charge >= 0.3 is 0 Å². The molecular formula is C15H14N4O3. The number of aryl methyl sites for hydroxylation is 1. The third-order valence-corrected chi connectivity index (χ3v) is 3.46. The maximum absolute atomic E-state index is 12.1. The summed E-state index contributed by atoms with van der Waals surface area (Å²) in [4.78, 5) is 37.5. The van der Waals surface area contributed by atoms with E-state index in [9.17, 15) is 14.4 Å². The lowest BCUT2D eigenvalue weighted by molar-refractivity contribution is -0.121. The van der Waals surface area contributed by atoms with Crippen LogP contribution in [0, 0.1) is 6.92 Å². The van der Waals surface area contributed by atoms with E-state index in [1.807, 2.05) is 6.07 Å². The molecule has 1 aromatic carbocycles. The molecule has 7 nitrogen and oxygen atoms in total. The van der Waals surface area contributed by atoms with Crippen molar-refractivity contribution in [2.45, 2.75) is 19.8 Å². The molecular weight excluding hydrogens is 284 g/mol. The predicted molar refractivity (Wildman–Crippen MR) is 82.7 cm³/mol. The van der Waals surface area contributed by atoms with Crippen LogP contribution in [0.15, 0.2) is 34.2 Å². The van der Waals surface area contributed by atoms with E-state index in [4.69, 9.17) is 0 Å². The Morgan fingerprint density at radius 1 is 1.23 bits per heavy atom. The highest BCUT2D eigenvalue weighted by atomic mass is 16.2. The van der Waals surface area contributed by atoms with Gasteiger partial charge in [-0.25, -0.2) is 5.43 Å². The van der Waals surface area contributed by atoms with Crippen molar-refractivity contribution in [2.75, 3.05) is 5.32 Å². The second kappa shape index (κ2) is 5.44. The monoisotopic (exact) mass is 298 g/mol. The van der Waals surface area contributed by atoms with Gasteiger partial charge in [-0.1, -0.05) is 6.07 Å². The van der Waals surface area contributed by atoms with Crippen molar-refractivity contribution < 1.29 is 9.59 Å². The number of hydrazone groups is 1. The quantitative estimate of drug-likeness (QED) is 0.771. The number of anilines is 1. The van der Waals surface area contributed by atoms with Crippen molar-refractivity contribution in [1.82, 2.24) is 10.4 Å². The van der Waals surface area contributed by atoms with Gasteiger partial charge in [0.05, 0.1) is 5.52 Å². The molecule has 112 valence electrons. The van der Waals surface area contributed by atoms with Gasteiger partial charge in [0.25, 0.3) is 11.5 Å². The first kappa shape index (κ1) is 14.0. The van der Waals surface area contributed by atoms with Crippen LogP contribution in [0.4, 0.5) is 5.69 Å². The van der Waals surface area contributed by atoms with Crippen LogP contribution in [-0.4, -0.2) is 22.5 Å². The first-order valence-corrected chi connectivity index (χ1v) is 6.83. The van der Waals surface area contributed by atoms with Crippen molar-refractivity contribution in [2.24, 2.45) is 5.10 Å². The molecule has 0 fully saturated rings. The molecule has 2 aromatic rings. The molecule has 0 spiro atoms. The average Bonchev–Trinajstić information content (AvgIpc) is 2.49. The van der Waals surface area contributed by atoms with Crippen LogP contribution in [-0.2, 0) is 9.59 Å². The van der Waals surface area contributed by atoms with Crippen molar-refractivity contribution in [3.63, 3.8) is 0 Å². The Labute approximate surface area is 125 Å². The Balaban J connectivity index is 1.85. The Bertz CT molecular complexity index is 867. The minimum Gasteiger partial charge on any atom is -0.322 e. The van der Waals surface area contributed by atoms with E-state index in [1.165, 1.54) is 0 Å². The smallest absolute Gasteiger partial charge is 0.271 e. The van der Waals surface area contributed by atoms with Crippen LogP contribution < -0.4 is 16.3 Å². The number of aromatic nitrogens is 1. The number of carbonyl (C=O) groups excluding carboxylic acids is 2. The maximum atomic E-state index is 12.1. The number of nitrogens with one attached hydrogen (secondary N) is 3. The summed E-state index contributed by atoms with van der Waals surface area (Å²) >= 11 is 0. The fourth-order valence-corrected chi connectivity index (χ4v) is 2.23. The van der Waals surface area contributed by atoms with E-state index < -0.39 is 0 Å². The molecule has 0 saturated heterocycles. The Morgan fingerprint density at radius 2 is 2.05 bits per heavy atom. The normalized spacial score (nSPS) is 14.4. The molecule has 2 heterocycles. The second-order valence-electron chi connectivity index (χ2n) is 5.13. The largest absolute Gasteiger partial charge is 0.322 e. The number of hydrogen-bond acceptors (Lipinski definition) is 4. The van der Waals surface area contributed by atoms with E-state index in [2.05, 4.69) is 20.8 Å². The van der Waals surface area contributed by atoms with Gasteiger partial charge in [-0.05, 0) is 30.5 Å². The van der Waals surface area contributed by atoms with Crippen molar-refractivity contribution in [3.05, 3.63) is 40.2 Å². The maximum Gasteiger partial charge on any atom is 0.271 e. The Kier molecular flexibility index (Phi) is 3.46. The number of hydrogen-bond donors (Lipinski definition) is 3. The fourth-order valence-electron chi connectivity index (χ4n) is 2.23. The summed E-state index contributed by atoms with van der Waals surface area (Å²) < 4.78 is 0. The number of H-pyrrole nitrogens is 1. The molecule has 3 N–H and O–H groups in total. The number of aromatic amines is 1. The summed E-state index contributed by atoms with van der Waals surface area (Å²) in [7, 11) is 0. The van der Waals surface area contributed by atoms with Gasteiger partial charge in [-0.15, -0.1) is 0 Å². The lowest BCUT2D eigenvalue weighted by Crippen LogP contribution is -2.32. The highest BCUT2D eigenvalue weighted by Gasteiger charge is 2.18. The third-order valence-electron chi connectivity index (χ3n) is 3.46. The Hall–Kier alpha value is -2.96. The van der Waals surface area contributed by atoms with E-state index >= 15 is 0 Å². The minimum absolute atomic E-state index is 0.157. The van der Waals surface area contributed by atoms with Crippen molar-refractivity contribution in [1.29, 1.82) is 0 Å². The van der Waals surface area contributed by atoms with Crippen molar-refractivity contribution in [3.8, 4) is 0 Å². The summed E-state index contributed by atoms with van der Waals surface area (Å²) in [6.07, 6.45) is 0.553. The predicted octanol–water partition coefficient (Wildman–Crippen LogP) is 1.04. The zero-order valence-electron chi connectivity index (χ0n) is 11.9. The number of pyridine rings is 1. The summed E-state index contributed by atoms with van der Waals surface area (Å²) in [5.74, 6) is -0.566. The van der Waals surface area contributed by atoms with Gasteiger partial charge in [-0.3, -0.25) is 14.4 Å². The summed E-state index contributed by atoms with van der Waals surface area (Å²) in [5, 5.41) is 7.34. The zero-order valence-corrected chi connectivity index (χ0v) is 11.9. The molecule has 22 heavy (non-hydrogen) atoms. The Morgan fingerprint density at radius 3 is 2.77 bits per heavy atom. The second-order valence-corrected chi connectivity index (χ2v) is 5.13. The van der Waals surface area contributed by atoms with Crippen LogP contribution in [0.1, 0.15) is 18.4 Å². The number of nitrogens with zero attached hydrogens (tertiary/aromatic N) is 1. The summed E-state index contributed by atoms with van der Waals surface area (Å²) in [6, 6.07) is 7.05. The highest BCUT2D eigenvalue weighted by Crippen LogP contribution is 2.17. The molecule has 3 rings (SSSR count). The topological polar surface area (TPSA) is 103 Å². The summed E-state index contributed by atoms with van der Waals surface area (Å²) in [5.41, 5.74) is 4.23. The molecule has 0 saturated carbocycles. The molecule has 0 unspecified atom stereocenters. The van der Waals surface area contributed by atoms with Crippen molar-refractivity contribution >= 4 is 34.1 Å². The van der Waals surface area contributed by atoms with E-state index in [-0.39, 0.29) is 29.5 Å². The minimum atomic E-state index is -0.367. The number of amides is 2. The van der Waals surface area contributed by atoms with Gasteiger partial charge in [-0.2, -0.15) is 5.10 Å². The van der Waals surface area contributed by atoms with Crippen LogP contribution in [0.25, 0.3) is 10.9 Å². The van der Waals surface area contributed by atoms with Gasteiger partial charge < -0.3 is 10.3 Å². The number of rotatable bonds is 2. The first-order valence-electron chi connectivity index (χ1n) is 6.83. The molecule has 0 atom stereocenters. The van der Waals surface area contributed by atoms with Crippen LogP contribution in [0.2, 0.25) is 0 Å². The standard InChI is InChI=1S/C15H14N4O3/c1-8-6-9-2-3-10(7-12(9)17-14(8)21)16-15(22)11-4-5-13(20)19-18-11/h2-3,6-7H,4-5H2,1H3,(H,16,22)(H,17,21)(H,19,20). The van der Waals surface area contributed by atoms with Gasteiger partial charge in [0.15, 0.2) is 0 Å². The van der Waals surface area contributed by atoms with Crippen LogP contribution in [0.5, 0.6) is 0 Å². The van der Waals surface area contributed by atoms with E-state index in [0.29, 0.717) is 23.2 Å². The third kappa shape index (κ3) is 2.73. The molecule has 0 radical (unpaired) electrons. The lowest BCUT2D eigenvalue weighted by Gasteiger charge is -2.12. The molecule has 1 aromatic heterocycles. The molecule has 7 heteroatoms. The first-order chi connectivity index (χ1) is 10.5. The van der Waals surface area contributed by atoms with E-state index in [0.717, 1.165) is 5.39 Å². The van der Waals surface area contributed by atoms with E-state index in [1.54, 1.807) is 25.1 Å². The summed E-state index contributed by atoms with van der Waals surface area (Å²) in [6.45, 7) is 1.74. The van der Waals surface area contributed by atoms with Gasteiger partial charge in [0, 0.05) is 24.1 Å². The molecule has 0 bridgehead atoms. The SMILES string of the molecule is Cc1cc2ccc(NC(=O)C3=NNC(=O)CC3)cc2[nH]c1=O. The molecule has 2 amide bonds. The van der Waals surface area contributed by atoms with Crippen LogP contribution in [0.3, 0.4) is 0 Å². The number of fused-ring (bicyclic) bond motifs is 1. The van der Waals surface area contributed by atoms with Gasteiger partial charge in [0.1, 0.15) is 5.71 Å². The average molecular weight is 298 g/mol. The highest BCUT2D eigenvalue weighted by molar-refractivity contribution is 6.43. The number of benzene rings is 1. The van der Waals surface area contributed by atoms with Crippen LogP contribution >= 0.6 is 0 Å². The fraction of sp³-hybridized carbons (Fsp3) is 0.200. The number of carbonyl (C=O) groups is 2. The lowest BCUT2D eigenvalue weighted by atomic mass is 10.1.